The van der Waals surface area contributed by atoms with Crippen LogP contribution in [0.4, 0.5) is 22.0 Å². The van der Waals surface area contributed by atoms with E-state index >= 15 is 0 Å². The Morgan fingerprint density at radius 1 is 1.27 bits per heavy atom. The molecule has 0 amide bonds. The van der Waals surface area contributed by atoms with Gasteiger partial charge in [-0.05, 0) is 6.07 Å². The molecule has 15 heavy (non-hydrogen) atoms. The maximum atomic E-state index is 12.9. The fourth-order valence-electron chi connectivity index (χ4n) is 1.08. The number of rotatable bonds is 3. The molecule has 0 radical (unpaired) electrons. The summed E-state index contributed by atoms with van der Waals surface area (Å²) in [5.74, 6) is -4.90. The molecule has 0 bridgehead atoms. The Morgan fingerprint density at radius 3 is 2.20 bits per heavy atom. The number of nitrogens with zero attached hydrogens (tertiary/aromatic N) is 2. The standard InChI is InChI=1S/C7H8F5N3/c8-6(9,7(10,11)12)5(4-13)15-3-1-2-14-15/h1-3,5H,4,13H2. The predicted molar refractivity (Wildman–Crippen MR) is 41.3 cm³/mol. The van der Waals surface area contributed by atoms with Gasteiger partial charge in [-0.2, -0.15) is 27.1 Å². The van der Waals surface area contributed by atoms with Crippen LogP contribution in [0, 0.1) is 0 Å². The van der Waals surface area contributed by atoms with Crippen LogP contribution in [0.15, 0.2) is 18.5 Å². The van der Waals surface area contributed by atoms with Gasteiger partial charge in [-0.3, -0.25) is 4.68 Å². The number of nitrogens with two attached hydrogens (primary N) is 1. The van der Waals surface area contributed by atoms with E-state index in [4.69, 9.17) is 5.73 Å². The van der Waals surface area contributed by atoms with Crippen molar-refractivity contribution in [3.8, 4) is 0 Å². The number of aromatic nitrogens is 2. The van der Waals surface area contributed by atoms with Crippen molar-refractivity contribution in [3.05, 3.63) is 18.5 Å². The van der Waals surface area contributed by atoms with E-state index in [0.29, 0.717) is 4.68 Å². The van der Waals surface area contributed by atoms with Crippen LogP contribution < -0.4 is 5.73 Å². The van der Waals surface area contributed by atoms with Crippen LogP contribution in [0.2, 0.25) is 0 Å². The van der Waals surface area contributed by atoms with E-state index in [1.807, 2.05) is 0 Å². The first-order valence-electron chi connectivity index (χ1n) is 3.94. The van der Waals surface area contributed by atoms with Gasteiger partial charge < -0.3 is 5.73 Å². The normalized spacial score (nSPS) is 15.3. The predicted octanol–water partition coefficient (Wildman–Crippen LogP) is 1.58. The lowest BCUT2D eigenvalue weighted by Gasteiger charge is -2.27. The quantitative estimate of drug-likeness (QED) is 0.799. The van der Waals surface area contributed by atoms with Crippen LogP contribution in [0.5, 0.6) is 0 Å². The summed E-state index contributed by atoms with van der Waals surface area (Å²) in [5.41, 5.74) is 4.91. The Morgan fingerprint density at radius 2 is 1.87 bits per heavy atom. The Kier molecular flexibility index (Phi) is 2.98. The van der Waals surface area contributed by atoms with E-state index in [1.165, 1.54) is 6.07 Å². The summed E-state index contributed by atoms with van der Waals surface area (Å²) in [4.78, 5) is 0. The second-order valence-corrected chi connectivity index (χ2v) is 2.86. The summed E-state index contributed by atoms with van der Waals surface area (Å²) in [6, 6.07) is -0.970. The van der Waals surface area contributed by atoms with Crippen LogP contribution in [-0.2, 0) is 0 Å². The third kappa shape index (κ3) is 2.09. The van der Waals surface area contributed by atoms with Gasteiger partial charge in [0.15, 0.2) is 0 Å². The third-order valence-corrected chi connectivity index (χ3v) is 1.86. The fourth-order valence-corrected chi connectivity index (χ4v) is 1.08. The molecule has 0 aromatic carbocycles. The first-order valence-corrected chi connectivity index (χ1v) is 3.94. The number of hydrogen-bond donors (Lipinski definition) is 1. The van der Waals surface area contributed by atoms with Crippen molar-refractivity contribution < 1.29 is 22.0 Å². The summed E-state index contributed by atoms with van der Waals surface area (Å²) < 4.78 is 62.3. The zero-order chi connectivity index (χ0) is 11.7. The zero-order valence-electron chi connectivity index (χ0n) is 7.38. The van der Waals surface area contributed by atoms with Crippen molar-refractivity contribution in [3.63, 3.8) is 0 Å². The zero-order valence-corrected chi connectivity index (χ0v) is 7.38. The molecule has 8 heteroatoms. The van der Waals surface area contributed by atoms with Crippen LogP contribution in [0.3, 0.4) is 0 Å². The molecular formula is C7H8F5N3. The highest BCUT2D eigenvalue weighted by molar-refractivity contribution is 4.92. The van der Waals surface area contributed by atoms with Gasteiger partial charge in [0.25, 0.3) is 0 Å². The van der Waals surface area contributed by atoms with E-state index in [9.17, 15) is 22.0 Å². The van der Waals surface area contributed by atoms with Gasteiger partial charge in [0.05, 0.1) is 0 Å². The topological polar surface area (TPSA) is 43.8 Å². The maximum absolute atomic E-state index is 12.9. The van der Waals surface area contributed by atoms with E-state index in [2.05, 4.69) is 5.10 Å². The summed E-state index contributed by atoms with van der Waals surface area (Å²) in [6.45, 7) is -0.853. The molecule has 0 saturated carbocycles. The Hall–Kier alpha value is -1.18. The van der Waals surface area contributed by atoms with Crippen LogP contribution in [0.1, 0.15) is 6.04 Å². The molecule has 0 fully saturated rings. The number of halogens is 5. The molecule has 1 aromatic heterocycles. The van der Waals surface area contributed by atoms with Gasteiger partial charge in [-0.1, -0.05) is 0 Å². The van der Waals surface area contributed by atoms with E-state index in [0.717, 1.165) is 12.4 Å². The minimum Gasteiger partial charge on any atom is -0.328 e. The van der Waals surface area contributed by atoms with Crippen LogP contribution in [-0.4, -0.2) is 28.4 Å². The SMILES string of the molecule is NCC(n1cccn1)C(F)(F)C(F)(F)F. The largest absolute Gasteiger partial charge is 0.455 e. The van der Waals surface area contributed by atoms with Gasteiger partial charge >= 0.3 is 12.1 Å². The number of alkyl halides is 5. The molecule has 1 unspecified atom stereocenters. The molecule has 86 valence electrons. The lowest BCUT2D eigenvalue weighted by Crippen LogP contribution is -2.47. The monoisotopic (exact) mass is 229 g/mol. The lowest BCUT2D eigenvalue weighted by molar-refractivity contribution is -0.298. The smallest absolute Gasteiger partial charge is 0.328 e. The molecule has 0 aliphatic carbocycles. The molecule has 0 aliphatic heterocycles. The van der Waals surface area contributed by atoms with Gasteiger partial charge in [-0.25, -0.2) is 0 Å². The van der Waals surface area contributed by atoms with Crippen molar-refractivity contribution in [2.75, 3.05) is 6.54 Å². The molecule has 0 aliphatic rings. The van der Waals surface area contributed by atoms with Crippen LogP contribution >= 0.6 is 0 Å². The van der Waals surface area contributed by atoms with E-state index in [-0.39, 0.29) is 0 Å². The molecule has 0 spiro atoms. The Bertz CT molecular complexity index is 305. The summed E-state index contributed by atoms with van der Waals surface area (Å²) >= 11 is 0. The van der Waals surface area contributed by atoms with Gasteiger partial charge in [0, 0.05) is 18.9 Å². The summed E-state index contributed by atoms with van der Waals surface area (Å²) in [6.07, 6.45) is -3.52. The maximum Gasteiger partial charge on any atom is 0.455 e. The Labute approximate surface area is 81.7 Å². The van der Waals surface area contributed by atoms with Crippen molar-refractivity contribution in [1.82, 2.24) is 9.78 Å². The third-order valence-electron chi connectivity index (χ3n) is 1.86. The van der Waals surface area contributed by atoms with Crippen molar-refractivity contribution >= 4 is 0 Å². The first kappa shape index (κ1) is 11.9. The van der Waals surface area contributed by atoms with Gasteiger partial charge in [0.1, 0.15) is 6.04 Å². The molecule has 1 heterocycles. The second-order valence-electron chi connectivity index (χ2n) is 2.86. The highest BCUT2D eigenvalue weighted by Crippen LogP contribution is 2.42. The average molecular weight is 229 g/mol. The minimum atomic E-state index is -5.64. The molecule has 1 aromatic rings. The van der Waals surface area contributed by atoms with Crippen molar-refractivity contribution in [2.24, 2.45) is 5.73 Å². The molecule has 0 saturated heterocycles. The molecule has 2 N–H and O–H groups in total. The lowest BCUT2D eigenvalue weighted by atomic mass is 10.1. The number of hydrogen-bond acceptors (Lipinski definition) is 2. The second kappa shape index (κ2) is 3.76. The molecular weight excluding hydrogens is 221 g/mol. The molecule has 1 rings (SSSR count). The van der Waals surface area contributed by atoms with E-state index < -0.39 is 24.7 Å². The summed E-state index contributed by atoms with van der Waals surface area (Å²) in [5, 5.41) is 3.32. The fraction of sp³-hybridized carbons (Fsp3) is 0.571. The summed E-state index contributed by atoms with van der Waals surface area (Å²) in [7, 11) is 0. The highest BCUT2D eigenvalue weighted by atomic mass is 19.4. The highest BCUT2D eigenvalue weighted by Gasteiger charge is 2.62. The Balaban J connectivity index is 3.03. The van der Waals surface area contributed by atoms with Crippen molar-refractivity contribution in [1.29, 1.82) is 0 Å². The van der Waals surface area contributed by atoms with Gasteiger partial charge in [-0.15, -0.1) is 0 Å². The molecule has 3 nitrogen and oxygen atoms in total. The molecule has 1 atom stereocenters. The average Bonchev–Trinajstić information content (AvgIpc) is 2.55. The first-order chi connectivity index (χ1) is 6.80. The van der Waals surface area contributed by atoms with E-state index in [1.54, 1.807) is 0 Å². The van der Waals surface area contributed by atoms with Crippen LogP contribution in [0.25, 0.3) is 0 Å². The minimum absolute atomic E-state index is 0.507. The van der Waals surface area contributed by atoms with Crippen molar-refractivity contribution in [2.45, 2.75) is 18.1 Å². The van der Waals surface area contributed by atoms with Gasteiger partial charge in [0.2, 0.25) is 0 Å².